The van der Waals surface area contributed by atoms with Gasteiger partial charge in [0.1, 0.15) is 5.75 Å². The molecule has 0 spiro atoms. The second-order valence-corrected chi connectivity index (χ2v) is 9.04. The van der Waals surface area contributed by atoms with Gasteiger partial charge in [-0.05, 0) is 40.5 Å². The number of benzene rings is 3. The number of aromatic nitrogens is 2. The molecule has 1 atom stereocenters. The molecular formula is C27H25ClN4O4. The Labute approximate surface area is 213 Å². The predicted molar refractivity (Wildman–Crippen MR) is 136 cm³/mol. The molecule has 3 aromatic carbocycles. The van der Waals surface area contributed by atoms with Gasteiger partial charge in [-0.25, -0.2) is 4.79 Å². The number of ether oxygens (including phenoxy) is 2. The van der Waals surface area contributed by atoms with Gasteiger partial charge in [0.25, 0.3) is 5.91 Å². The number of halogens is 1. The van der Waals surface area contributed by atoms with Crippen molar-refractivity contribution in [3.05, 3.63) is 94.1 Å². The number of methoxy groups -OCH3 is 1. The molecule has 2 N–H and O–H groups in total. The number of hydrogen-bond donors (Lipinski definition) is 2. The fourth-order valence-electron chi connectivity index (χ4n) is 4.43. The highest BCUT2D eigenvalue weighted by molar-refractivity contribution is 6.35. The highest BCUT2D eigenvalue weighted by Gasteiger charge is 2.34. The molecule has 0 aliphatic carbocycles. The molecule has 0 radical (unpaired) electrons. The van der Waals surface area contributed by atoms with E-state index in [4.69, 9.17) is 21.1 Å². The van der Waals surface area contributed by atoms with E-state index in [1.165, 1.54) is 0 Å². The number of H-pyrrole nitrogens is 1. The fraction of sp³-hybridized carbons (Fsp3) is 0.222. The van der Waals surface area contributed by atoms with E-state index in [9.17, 15) is 9.59 Å². The van der Waals surface area contributed by atoms with E-state index in [2.05, 4.69) is 15.5 Å². The Morgan fingerprint density at radius 2 is 1.94 bits per heavy atom. The van der Waals surface area contributed by atoms with Crippen molar-refractivity contribution in [1.29, 1.82) is 0 Å². The third-order valence-corrected chi connectivity index (χ3v) is 6.59. The lowest BCUT2D eigenvalue weighted by atomic mass is 9.99. The summed E-state index contributed by atoms with van der Waals surface area (Å²) in [5, 5.41) is 11.2. The van der Waals surface area contributed by atoms with Crippen LogP contribution < -0.4 is 10.1 Å². The molecule has 0 saturated heterocycles. The van der Waals surface area contributed by atoms with Crippen molar-refractivity contribution in [1.82, 2.24) is 20.4 Å². The number of rotatable bonds is 6. The fourth-order valence-corrected chi connectivity index (χ4v) is 4.70. The topological polar surface area (TPSA) is 96.5 Å². The van der Waals surface area contributed by atoms with Crippen molar-refractivity contribution in [2.75, 3.05) is 7.11 Å². The summed E-state index contributed by atoms with van der Waals surface area (Å²) in [6.45, 7) is 0.975. The molecule has 9 heteroatoms. The van der Waals surface area contributed by atoms with Crippen LogP contribution in [0.5, 0.6) is 5.75 Å². The molecule has 1 aliphatic rings. The van der Waals surface area contributed by atoms with Gasteiger partial charge in [-0.15, -0.1) is 0 Å². The van der Waals surface area contributed by atoms with Crippen molar-refractivity contribution in [3.8, 4) is 5.75 Å². The standard InChI is InChI=1S/C27H25ClN4O4/c1-35-20-9-7-18(8-10-20)15-32-16-22-19(11-23(28)25-21(22)14-30-31-25)12-24(26(32)33)36-27(34)29-13-17-5-3-2-4-6-17/h2-11,14,24H,12-13,15-16H2,1H3,(H,29,34)(H,30,31). The first-order valence-electron chi connectivity index (χ1n) is 11.6. The molecular weight excluding hydrogens is 480 g/mol. The van der Waals surface area contributed by atoms with E-state index in [1.54, 1.807) is 18.2 Å². The van der Waals surface area contributed by atoms with E-state index in [-0.39, 0.29) is 12.3 Å². The number of fused-ring (bicyclic) bond motifs is 3. The number of amides is 2. The summed E-state index contributed by atoms with van der Waals surface area (Å²) in [4.78, 5) is 28.0. The summed E-state index contributed by atoms with van der Waals surface area (Å²) in [6, 6.07) is 18.9. The first-order chi connectivity index (χ1) is 17.5. The average molecular weight is 505 g/mol. The number of alkyl carbamates (subject to hydrolysis) is 1. The smallest absolute Gasteiger partial charge is 0.408 e. The van der Waals surface area contributed by atoms with Crippen LogP contribution in [0.4, 0.5) is 4.79 Å². The van der Waals surface area contributed by atoms with Crippen molar-refractivity contribution < 1.29 is 19.1 Å². The second kappa shape index (κ2) is 10.3. The Morgan fingerprint density at radius 3 is 2.69 bits per heavy atom. The highest BCUT2D eigenvalue weighted by atomic mass is 35.5. The van der Waals surface area contributed by atoms with E-state index >= 15 is 0 Å². The summed E-state index contributed by atoms with van der Waals surface area (Å²) < 4.78 is 10.9. The molecule has 2 heterocycles. The van der Waals surface area contributed by atoms with Gasteiger partial charge in [0, 0.05) is 31.4 Å². The van der Waals surface area contributed by atoms with Crippen LogP contribution in [0, 0.1) is 0 Å². The van der Waals surface area contributed by atoms with Crippen LogP contribution in [0.15, 0.2) is 66.9 Å². The minimum Gasteiger partial charge on any atom is -0.497 e. The summed E-state index contributed by atoms with van der Waals surface area (Å²) in [5.74, 6) is 0.460. The lowest BCUT2D eigenvalue weighted by Crippen LogP contribution is -2.41. The minimum atomic E-state index is -0.999. The lowest BCUT2D eigenvalue weighted by Gasteiger charge is -2.25. The van der Waals surface area contributed by atoms with Gasteiger partial charge in [0.05, 0.1) is 23.8 Å². The Bertz CT molecular complexity index is 1390. The normalized spacial score (nSPS) is 15.3. The number of nitrogens with zero attached hydrogens (tertiary/aromatic N) is 2. The zero-order valence-electron chi connectivity index (χ0n) is 19.7. The third kappa shape index (κ3) is 4.99. The number of carbonyl (C=O) groups is 2. The Hall–Kier alpha value is -4.04. The van der Waals surface area contributed by atoms with E-state index in [1.807, 2.05) is 60.7 Å². The van der Waals surface area contributed by atoms with Gasteiger partial charge in [-0.2, -0.15) is 5.10 Å². The summed E-state index contributed by atoms with van der Waals surface area (Å²) in [5.41, 5.74) is 4.35. The van der Waals surface area contributed by atoms with Crippen LogP contribution in [-0.4, -0.2) is 40.3 Å². The zero-order chi connectivity index (χ0) is 25.1. The van der Waals surface area contributed by atoms with Gasteiger partial charge in [-0.3, -0.25) is 9.89 Å². The predicted octanol–water partition coefficient (Wildman–Crippen LogP) is 4.60. The first kappa shape index (κ1) is 23.7. The average Bonchev–Trinajstić information content (AvgIpc) is 3.36. The van der Waals surface area contributed by atoms with E-state index < -0.39 is 12.2 Å². The van der Waals surface area contributed by atoms with Crippen LogP contribution in [0.1, 0.15) is 22.3 Å². The maximum absolute atomic E-state index is 13.7. The van der Waals surface area contributed by atoms with E-state index in [0.29, 0.717) is 30.2 Å². The monoisotopic (exact) mass is 504 g/mol. The van der Waals surface area contributed by atoms with Crippen LogP contribution in [0.3, 0.4) is 0 Å². The Kier molecular flexibility index (Phi) is 6.77. The number of nitrogens with one attached hydrogen (secondary N) is 2. The second-order valence-electron chi connectivity index (χ2n) is 8.63. The summed E-state index contributed by atoms with van der Waals surface area (Å²) in [7, 11) is 1.61. The van der Waals surface area contributed by atoms with Crippen LogP contribution >= 0.6 is 11.6 Å². The molecule has 8 nitrogen and oxygen atoms in total. The minimum absolute atomic E-state index is 0.215. The quantitative estimate of drug-likeness (QED) is 0.400. The van der Waals surface area contributed by atoms with Crippen molar-refractivity contribution in [2.45, 2.75) is 32.2 Å². The van der Waals surface area contributed by atoms with Crippen molar-refractivity contribution in [2.24, 2.45) is 0 Å². The van der Waals surface area contributed by atoms with Crippen LogP contribution in [-0.2, 0) is 35.6 Å². The van der Waals surface area contributed by atoms with Gasteiger partial charge < -0.3 is 19.7 Å². The molecule has 0 saturated carbocycles. The largest absolute Gasteiger partial charge is 0.497 e. The van der Waals surface area contributed by atoms with Crippen LogP contribution in [0.25, 0.3) is 10.9 Å². The maximum atomic E-state index is 13.7. The summed E-state index contributed by atoms with van der Waals surface area (Å²) >= 11 is 6.49. The van der Waals surface area contributed by atoms with Gasteiger partial charge in [0.15, 0.2) is 6.10 Å². The first-order valence-corrected chi connectivity index (χ1v) is 11.9. The molecule has 1 aromatic heterocycles. The number of hydrogen-bond acceptors (Lipinski definition) is 5. The molecule has 36 heavy (non-hydrogen) atoms. The molecule has 1 unspecified atom stereocenters. The van der Waals surface area contributed by atoms with E-state index in [0.717, 1.165) is 33.4 Å². The molecule has 0 fully saturated rings. The Morgan fingerprint density at radius 1 is 1.17 bits per heavy atom. The van der Waals surface area contributed by atoms with Gasteiger partial charge >= 0.3 is 6.09 Å². The Balaban J connectivity index is 1.42. The molecule has 4 aromatic rings. The third-order valence-electron chi connectivity index (χ3n) is 6.29. The zero-order valence-corrected chi connectivity index (χ0v) is 20.4. The summed E-state index contributed by atoms with van der Waals surface area (Å²) in [6.07, 6.45) is 0.276. The SMILES string of the molecule is COc1ccc(CN2Cc3c(cc(Cl)c4[nH]ncc34)CC(OC(=O)NCc3ccccc3)C2=O)cc1. The van der Waals surface area contributed by atoms with Gasteiger partial charge in [0.2, 0.25) is 0 Å². The van der Waals surface area contributed by atoms with Gasteiger partial charge in [-0.1, -0.05) is 54.1 Å². The van der Waals surface area contributed by atoms with Crippen LogP contribution in [0.2, 0.25) is 5.02 Å². The highest BCUT2D eigenvalue weighted by Crippen LogP contribution is 2.33. The maximum Gasteiger partial charge on any atom is 0.408 e. The molecule has 1 aliphatic heterocycles. The van der Waals surface area contributed by atoms with Crippen molar-refractivity contribution >= 4 is 34.5 Å². The molecule has 2 amide bonds. The molecule has 184 valence electrons. The van der Waals surface area contributed by atoms with Crippen molar-refractivity contribution in [3.63, 3.8) is 0 Å². The lowest BCUT2D eigenvalue weighted by molar-refractivity contribution is -0.141. The number of aromatic amines is 1. The number of carbonyl (C=O) groups excluding carboxylic acids is 2. The molecule has 5 rings (SSSR count). The molecule has 0 bridgehead atoms.